The zero-order chi connectivity index (χ0) is 29.4. The van der Waals surface area contributed by atoms with Crippen LogP contribution in [0.3, 0.4) is 0 Å². The third-order valence-electron chi connectivity index (χ3n) is 7.47. The molecule has 1 N–H and O–H groups in total. The van der Waals surface area contributed by atoms with Crippen LogP contribution in [0.2, 0.25) is 0 Å². The summed E-state index contributed by atoms with van der Waals surface area (Å²) in [7, 11) is 1.66. The number of hydrogen-bond acceptors (Lipinski definition) is 11. The van der Waals surface area contributed by atoms with E-state index in [9.17, 15) is 5.11 Å². The average Bonchev–Trinajstić information content (AvgIpc) is 3.08. The van der Waals surface area contributed by atoms with Crippen LogP contribution in [-0.4, -0.2) is 84.8 Å². The van der Waals surface area contributed by atoms with Crippen LogP contribution in [0.4, 0.5) is 11.4 Å². The first kappa shape index (κ1) is 28.4. The van der Waals surface area contributed by atoms with E-state index in [1.54, 1.807) is 31.9 Å². The highest BCUT2D eigenvalue weighted by molar-refractivity contribution is 5.88. The summed E-state index contributed by atoms with van der Waals surface area (Å²) in [6, 6.07) is 15.8. The summed E-state index contributed by atoms with van der Waals surface area (Å²) in [4.78, 5) is 21.1. The lowest BCUT2D eigenvalue weighted by molar-refractivity contribution is 0.122. The van der Waals surface area contributed by atoms with Gasteiger partial charge >= 0.3 is 0 Å². The Bertz CT molecular complexity index is 1660. The van der Waals surface area contributed by atoms with Gasteiger partial charge in [-0.3, -0.25) is 0 Å². The Labute approximate surface area is 251 Å². The number of nitrogens with zero attached hydrogens (tertiary/aromatic N) is 6. The number of ether oxygens (including phenoxy) is 4. The summed E-state index contributed by atoms with van der Waals surface area (Å²) in [5, 5.41) is 11.5. The highest BCUT2D eigenvalue weighted by Gasteiger charge is 2.16. The minimum absolute atomic E-state index is 0. The molecule has 4 heterocycles. The Morgan fingerprint density at radius 3 is 1.93 bits per heavy atom. The van der Waals surface area contributed by atoms with E-state index in [-0.39, 0.29) is 7.18 Å². The molecule has 2 fully saturated rings. The standard InChI is InChI=1S/C20H21N3O3.C12H13N3O2.H2/c1-24-17-4-2-15(3-5-17)13-26-20-11-16(23-6-8-25-9-7-23)10-19-18(20)12-21-14-22-19;16-12-6-9(15-1-3-17-4-2-15)5-11-10(12)7-13-8-14-11;/h2-5,10-12,14H,6-9,13H2,1H3;5-8,16H,1-4H2;1H. The van der Waals surface area contributed by atoms with Crippen molar-refractivity contribution in [1.82, 2.24) is 19.9 Å². The minimum atomic E-state index is 0. The Morgan fingerprint density at radius 2 is 1.33 bits per heavy atom. The van der Waals surface area contributed by atoms with E-state index < -0.39 is 0 Å². The largest absolute Gasteiger partial charge is 0.507 e. The molecule has 0 saturated carbocycles. The van der Waals surface area contributed by atoms with Gasteiger partial charge < -0.3 is 33.9 Å². The summed E-state index contributed by atoms with van der Waals surface area (Å²) in [6.45, 7) is 6.83. The van der Waals surface area contributed by atoms with Crippen LogP contribution < -0.4 is 19.3 Å². The van der Waals surface area contributed by atoms with Crippen molar-refractivity contribution >= 4 is 33.2 Å². The molecule has 0 spiro atoms. The van der Waals surface area contributed by atoms with Crippen molar-refractivity contribution < 1.29 is 25.5 Å². The molecule has 0 atom stereocenters. The average molecular weight is 585 g/mol. The second-order valence-corrected chi connectivity index (χ2v) is 10.2. The maximum atomic E-state index is 9.94. The molecule has 11 heteroatoms. The van der Waals surface area contributed by atoms with Crippen molar-refractivity contribution in [2.24, 2.45) is 0 Å². The maximum absolute atomic E-state index is 9.94. The number of morpholine rings is 2. The Hall–Kier alpha value is -4.74. The van der Waals surface area contributed by atoms with Gasteiger partial charge in [0.15, 0.2) is 0 Å². The second-order valence-electron chi connectivity index (χ2n) is 10.2. The summed E-state index contributed by atoms with van der Waals surface area (Å²) in [5.41, 5.74) is 4.81. The van der Waals surface area contributed by atoms with E-state index in [0.29, 0.717) is 12.0 Å². The number of anilines is 2. The van der Waals surface area contributed by atoms with Crippen molar-refractivity contribution in [2.45, 2.75) is 6.61 Å². The molecule has 43 heavy (non-hydrogen) atoms. The van der Waals surface area contributed by atoms with Crippen molar-refractivity contribution in [3.05, 3.63) is 79.1 Å². The summed E-state index contributed by atoms with van der Waals surface area (Å²) in [5.74, 6) is 1.85. The fourth-order valence-electron chi connectivity index (χ4n) is 5.10. The predicted octanol–water partition coefficient (Wildman–Crippen LogP) is 4.47. The molecule has 3 aromatic carbocycles. The fourth-order valence-corrected chi connectivity index (χ4v) is 5.10. The number of phenols is 1. The van der Waals surface area contributed by atoms with Gasteiger partial charge in [0, 0.05) is 63.5 Å². The van der Waals surface area contributed by atoms with Gasteiger partial charge in [-0.25, -0.2) is 19.9 Å². The van der Waals surface area contributed by atoms with Gasteiger partial charge in [0.05, 0.1) is 55.3 Å². The maximum Gasteiger partial charge on any atom is 0.132 e. The van der Waals surface area contributed by atoms with Crippen LogP contribution in [-0.2, 0) is 16.1 Å². The number of aromatic hydroxyl groups is 1. The molecule has 11 nitrogen and oxygen atoms in total. The number of rotatable bonds is 6. The van der Waals surface area contributed by atoms with Crippen molar-refractivity contribution in [3.8, 4) is 17.2 Å². The van der Waals surface area contributed by atoms with Crippen molar-refractivity contribution in [3.63, 3.8) is 0 Å². The van der Waals surface area contributed by atoms with Gasteiger partial charge in [-0.1, -0.05) is 12.1 Å². The molecule has 0 amide bonds. The van der Waals surface area contributed by atoms with Gasteiger partial charge in [0.2, 0.25) is 0 Å². The lowest BCUT2D eigenvalue weighted by atomic mass is 10.1. The molecular formula is C32H36N6O5. The highest BCUT2D eigenvalue weighted by atomic mass is 16.5. The summed E-state index contributed by atoms with van der Waals surface area (Å²) in [6.07, 6.45) is 6.49. The Balaban J connectivity index is 0.000000185. The lowest BCUT2D eigenvalue weighted by Gasteiger charge is -2.29. The van der Waals surface area contributed by atoms with Crippen LogP contribution in [0.5, 0.6) is 17.2 Å². The number of phenolic OH excluding ortho intramolecular Hbond substituents is 1. The number of methoxy groups -OCH3 is 1. The highest BCUT2D eigenvalue weighted by Crippen LogP contribution is 2.32. The lowest BCUT2D eigenvalue weighted by Crippen LogP contribution is -2.36. The molecule has 224 valence electrons. The zero-order valence-electron chi connectivity index (χ0n) is 24.1. The van der Waals surface area contributed by atoms with E-state index in [4.69, 9.17) is 18.9 Å². The molecular weight excluding hydrogens is 548 g/mol. The number of benzene rings is 3. The third-order valence-corrected chi connectivity index (χ3v) is 7.47. The van der Waals surface area contributed by atoms with Gasteiger partial charge in [0.1, 0.15) is 36.5 Å². The number of hydrogen-bond donors (Lipinski definition) is 1. The molecule has 0 radical (unpaired) electrons. The molecule has 7 rings (SSSR count). The predicted molar refractivity (Wildman–Crippen MR) is 166 cm³/mol. The van der Waals surface area contributed by atoms with Crippen LogP contribution in [0.25, 0.3) is 21.8 Å². The first-order valence-electron chi connectivity index (χ1n) is 14.3. The van der Waals surface area contributed by atoms with Crippen LogP contribution >= 0.6 is 0 Å². The van der Waals surface area contributed by atoms with Crippen LogP contribution in [0.15, 0.2) is 73.6 Å². The number of fused-ring (bicyclic) bond motifs is 2. The molecule has 2 saturated heterocycles. The van der Waals surface area contributed by atoms with Gasteiger partial charge in [-0.2, -0.15) is 0 Å². The smallest absolute Gasteiger partial charge is 0.132 e. The van der Waals surface area contributed by atoms with Gasteiger partial charge in [0.25, 0.3) is 0 Å². The van der Waals surface area contributed by atoms with E-state index >= 15 is 0 Å². The fraction of sp³-hybridized carbons (Fsp3) is 0.312. The summed E-state index contributed by atoms with van der Waals surface area (Å²) >= 11 is 0. The molecule has 2 aliphatic heterocycles. The van der Waals surface area contributed by atoms with Gasteiger partial charge in [-0.15, -0.1) is 0 Å². The first-order chi connectivity index (χ1) is 21.2. The molecule has 0 unspecified atom stereocenters. The molecule has 5 aromatic rings. The number of aromatic nitrogens is 4. The quantitative estimate of drug-likeness (QED) is 0.305. The normalized spacial score (nSPS) is 15.2. The zero-order valence-corrected chi connectivity index (χ0v) is 24.1. The van der Waals surface area contributed by atoms with E-state index in [1.807, 2.05) is 30.3 Å². The minimum Gasteiger partial charge on any atom is -0.507 e. The first-order valence-corrected chi connectivity index (χ1v) is 14.3. The van der Waals surface area contributed by atoms with Crippen LogP contribution in [0, 0.1) is 0 Å². The molecule has 0 bridgehead atoms. The monoisotopic (exact) mass is 584 g/mol. The SMILES string of the molecule is COc1ccc(COc2cc(N3CCOCC3)cc3ncncc23)cc1.Oc1cc(N2CCOCC2)cc2ncncc12.[HH]. The molecule has 2 aliphatic rings. The second kappa shape index (κ2) is 13.5. The topological polar surface area (TPSA) is 115 Å². The molecule has 0 aliphatic carbocycles. The summed E-state index contributed by atoms with van der Waals surface area (Å²) < 4.78 is 22.1. The van der Waals surface area contributed by atoms with Gasteiger partial charge in [-0.05, 0) is 29.8 Å². The van der Waals surface area contributed by atoms with E-state index in [0.717, 1.165) is 97.5 Å². The van der Waals surface area contributed by atoms with E-state index in [2.05, 4.69) is 41.9 Å². The molecule has 2 aromatic heterocycles. The van der Waals surface area contributed by atoms with Crippen molar-refractivity contribution in [1.29, 1.82) is 0 Å². The Morgan fingerprint density at radius 1 is 0.767 bits per heavy atom. The van der Waals surface area contributed by atoms with E-state index in [1.165, 1.54) is 6.33 Å². The Kier molecular flexibility index (Phi) is 8.90. The van der Waals surface area contributed by atoms with Crippen molar-refractivity contribution in [2.75, 3.05) is 69.5 Å². The third kappa shape index (κ3) is 6.85. The van der Waals surface area contributed by atoms with Crippen LogP contribution in [0.1, 0.15) is 6.99 Å².